The number of allylic oxidation sites excluding steroid dienone is 1. The molecular weight excluding hydrogens is 304 g/mol. The summed E-state index contributed by atoms with van der Waals surface area (Å²) in [6.45, 7) is 11.5. The third-order valence-corrected chi connectivity index (χ3v) is 7.55. The van der Waals surface area contributed by atoms with Crippen LogP contribution in [-0.2, 0) is 14.3 Å². The van der Waals surface area contributed by atoms with E-state index < -0.39 is 12.6 Å². The molecule has 0 radical (unpaired) electrons. The molecule has 2 aliphatic heterocycles. The zero-order valence-electron chi connectivity index (χ0n) is 15.1. The average molecular weight is 334 g/mol. The smallest absolute Gasteiger partial charge is 0.308 e. The van der Waals surface area contributed by atoms with Gasteiger partial charge in [-0.3, -0.25) is 4.79 Å². The lowest BCUT2D eigenvalue weighted by Gasteiger charge is -2.37. The highest BCUT2D eigenvalue weighted by atomic mass is 16.8. The Balaban J connectivity index is 1.64. The highest BCUT2D eigenvalue weighted by Gasteiger charge is 2.61. The number of aliphatic hydroxyl groups is 1. The van der Waals surface area contributed by atoms with Crippen molar-refractivity contribution < 1.29 is 19.4 Å². The van der Waals surface area contributed by atoms with Crippen LogP contribution in [0.1, 0.15) is 59.3 Å². The van der Waals surface area contributed by atoms with E-state index in [1.165, 1.54) is 18.4 Å². The maximum Gasteiger partial charge on any atom is 0.308 e. The van der Waals surface area contributed by atoms with Crippen LogP contribution in [-0.4, -0.2) is 23.7 Å². The molecule has 7 atom stereocenters. The fourth-order valence-electron chi connectivity index (χ4n) is 6.31. The van der Waals surface area contributed by atoms with Gasteiger partial charge in [-0.05, 0) is 54.8 Å². The van der Waals surface area contributed by atoms with Crippen molar-refractivity contribution in [3.05, 3.63) is 12.2 Å². The lowest BCUT2D eigenvalue weighted by molar-refractivity contribution is -0.195. The molecule has 4 rings (SSSR count). The van der Waals surface area contributed by atoms with Gasteiger partial charge in [0, 0.05) is 11.8 Å². The molecule has 2 saturated heterocycles. The number of rotatable bonds is 1. The van der Waals surface area contributed by atoms with Crippen LogP contribution in [0.25, 0.3) is 0 Å². The van der Waals surface area contributed by atoms with Gasteiger partial charge in [0.2, 0.25) is 6.29 Å². The normalized spacial score (nSPS) is 50.3. The first-order valence-electron chi connectivity index (χ1n) is 9.42. The molecule has 4 fully saturated rings. The monoisotopic (exact) mass is 334 g/mol. The lowest BCUT2D eigenvalue weighted by Crippen LogP contribution is -2.36. The molecule has 7 unspecified atom stereocenters. The summed E-state index contributed by atoms with van der Waals surface area (Å²) in [5.74, 6) is 0.904. The van der Waals surface area contributed by atoms with Gasteiger partial charge in [0.25, 0.3) is 0 Å². The maximum atomic E-state index is 11.7. The van der Waals surface area contributed by atoms with Crippen LogP contribution in [0.5, 0.6) is 0 Å². The van der Waals surface area contributed by atoms with Crippen LogP contribution in [0, 0.1) is 34.5 Å². The molecular formula is C20H30O4. The summed E-state index contributed by atoms with van der Waals surface area (Å²) >= 11 is 0. The van der Waals surface area contributed by atoms with Crippen LogP contribution in [0.3, 0.4) is 0 Å². The lowest BCUT2D eigenvalue weighted by atomic mass is 9.66. The van der Waals surface area contributed by atoms with Gasteiger partial charge in [-0.15, -0.1) is 0 Å². The van der Waals surface area contributed by atoms with Gasteiger partial charge in [-0.1, -0.05) is 32.9 Å². The number of hydrogen-bond acceptors (Lipinski definition) is 4. The Bertz CT molecular complexity index is 568. The van der Waals surface area contributed by atoms with Gasteiger partial charge < -0.3 is 14.6 Å². The second-order valence-corrected chi connectivity index (χ2v) is 9.55. The van der Waals surface area contributed by atoms with Crippen molar-refractivity contribution in [2.45, 2.75) is 71.9 Å². The van der Waals surface area contributed by atoms with Crippen molar-refractivity contribution in [2.75, 3.05) is 0 Å². The van der Waals surface area contributed by atoms with Crippen molar-refractivity contribution in [1.82, 2.24) is 0 Å². The highest BCUT2D eigenvalue weighted by Crippen LogP contribution is 2.63. The van der Waals surface area contributed by atoms with Gasteiger partial charge in [0.05, 0.1) is 6.42 Å². The Morgan fingerprint density at radius 3 is 2.75 bits per heavy atom. The Morgan fingerprint density at radius 2 is 2.00 bits per heavy atom. The fourth-order valence-corrected chi connectivity index (χ4v) is 6.31. The first-order valence-corrected chi connectivity index (χ1v) is 9.42. The Kier molecular flexibility index (Phi) is 3.67. The van der Waals surface area contributed by atoms with Crippen molar-refractivity contribution in [3.8, 4) is 0 Å². The minimum absolute atomic E-state index is 0.00350. The summed E-state index contributed by atoms with van der Waals surface area (Å²) < 4.78 is 10.8. The number of aliphatic hydroxyl groups excluding tert-OH is 1. The van der Waals surface area contributed by atoms with Gasteiger partial charge >= 0.3 is 5.97 Å². The van der Waals surface area contributed by atoms with Crippen LogP contribution in [0.2, 0.25) is 0 Å². The molecule has 134 valence electrons. The largest absolute Gasteiger partial charge is 0.435 e. The van der Waals surface area contributed by atoms with Gasteiger partial charge in [-0.2, -0.15) is 0 Å². The number of carbonyl (C=O) groups is 1. The highest BCUT2D eigenvalue weighted by molar-refractivity contribution is 5.72. The third kappa shape index (κ3) is 2.37. The van der Waals surface area contributed by atoms with Crippen LogP contribution in [0.15, 0.2) is 12.2 Å². The first kappa shape index (κ1) is 16.6. The molecule has 24 heavy (non-hydrogen) atoms. The minimum Gasteiger partial charge on any atom is -0.435 e. The zero-order valence-corrected chi connectivity index (χ0v) is 15.1. The van der Waals surface area contributed by atoms with Crippen molar-refractivity contribution in [2.24, 2.45) is 34.5 Å². The molecule has 2 aliphatic carbocycles. The zero-order chi connectivity index (χ0) is 17.3. The number of carbonyl (C=O) groups excluding carboxylic acids is 1. The fraction of sp³-hybridized carbons (Fsp3) is 0.850. The summed E-state index contributed by atoms with van der Waals surface area (Å²) in [6, 6.07) is 0. The number of esters is 1. The summed E-state index contributed by atoms with van der Waals surface area (Å²) in [4.78, 5) is 11.7. The van der Waals surface area contributed by atoms with E-state index in [1.54, 1.807) is 0 Å². The maximum absolute atomic E-state index is 11.7. The van der Waals surface area contributed by atoms with E-state index in [9.17, 15) is 9.90 Å². The predicted octanol–water partition coefficient (Wildman–Crippen LogP) is 3.64. The first-order chi connectivity index (χ1) is 11.2. The van der Waals surface area contributed by atoms with E-state index in [1.807, 2.05) is 0 Å². The Labute approximate surface area is 144 Å². The molecule has 0 aromatic heterocycles. The van der Waals surface area contributed by atoms with E-state index >= 15 is 0 Å². The second-order valence-electron chi connectivity index (χ2n) is 9.55. The Morgan fingerprint density at radius 1 is 1.25 bits per heavy atom. The topological polar surface area (TPSA) is 55.8 Å². The molecule has 0 amide bonds. The number of fused-ring (bicyclic) bond motifs is 2. The molecule has 0 aromatic carbocycles. The molecule has 0 aromatic rings. The van der Waals surface area contributed by atoms with Gasteiger partial charge in [0.15, 0.2) is 6.29 Å². The van der Waals surface area contributed by atoms with Crippen LogP contribution < -0.4 is 0 Å². The number of hydrogen-bond donors (Lipinski definition) is 1. The van der Waals surface area contributed by atoms with E-state index in [2.05, 4.69) is 27.4 Å². The van der Waals surface area contributed by atoms with Gasteiger partial charge in [0.1, 0.15) is 0 Å². The van der Waals surface area contributed by atoms with E-state index in [0.717, 1.165) is 19.3 Å². The van der Waals surface area contributed by atoms with Gasteiger partial charge in [-0.25, -0.2) is 0 Å². The molecule has 4 nitrogen and oxygen atoms in total. The third-order valence-electron chi connectivity index (χ3n) is 7.55. The number of ether oxygens (including phenoxy) is 2. The van der Waals surface area contributed by atoms with Crippen molar-refractivity contribution >= 4 is 5.97 Å². The molecule has 1 N–H and O–H groups in total. The van der Waals surface area contributed by atoms with E-state index in [-0.39, 0.29) is 23.2 Å². The molecule has 4 aliphatic rings. The van der Waals surface area contributed by atoms with Crippen molar-refractivity contribution in [1.29, 1.82) is 0 Å². The minimum atomic E-state index is -0.822. The molecule has 2 heterocycles. The molecule has 4 heteroatoms. The van der Waals surface area contributed by atoms with Crippen molar-refractivity contribution in [3.63, 3.8) is 0 Å². The summed E-state index contributed by atoms with van der Waals surface area (Å²) in [5, 5.41) is 10.6. The standard InChI is InChI=1S/C20H30O4/c1-11-6-5-7-19(2,3)14-10-20(4,9-13(11)14)16-12-8-15(21)23-18(12)24-17(16)22/h12-14,16-18,22H,1,5-10H2,2-4H3. The van der Waals surface area contributed by atoms with E-state index in [4.69, 9.17) is 9.47 Å². The predicted molar refractivity (Wildman–Crippen MR) is 89.7 cm³/mol. The summed E-state index contributed by atoms with van der Waals surface area (Å²) in [6.07, 6.45) is 4.72. The summed E-state index contributed by atoms with van der Waals surface area (Å²) in [7, 11) is 0. The molecule has 0 bridgehead atoms. The SMILES string of the molecule is C=C1CCCC(C)(C)C2CC(C)(C3C(O)OC4OC(=O)CC43)CC12. The Hall–Kier alpha value is -0.870. The quantitative estimate of drug-likeness (QED) is 0.587. The molecule has 0 spiro atoms. The van der Waals surface area contributed by atoms with E-state index in [0.29, 0.717) is 23.7 Å². The van der Waals surface area contributed by atoms with Crippen LogP contribution in [0.4, 0.5) is 0 Å². The average Bonchev–Trinajstić information content (AvgIpc) is 3.06. The van der Waals surface area contributed by atoms with Crippen LogP contribution >= 0.6 is 0 Å². The second kappa shape index (κ2) is 5.31. The summed E-state index contributed by atoms with van der Waals surface area (Å²) in [5.41, 5.74) is 1.66. The molecule has 2 saturated carbocycles.